The Morgan fingerprint density at radius 3 is 3.00 bits per heavy atom. The van der Waals surface area contributed by atoms with Gasteiger partial charge in [-0.15, -0.1) is 0 Å². The molecule has 8 heteroatoms. The van der Waals surface area contributed by atoms with Gasteiger partial charge in [0.25, 0.3) is 5.89 Å². The van der Waals surface area contributed by atoms with Crippen molar-refractivity contribution in [3.8, 4) is 11.4 Å². The number of anilines is 1. The smallest absolute Gasteiger partial charge is 0.340 e. The van der Waals surface area contributed by atoms with Crippen molar-refractivity contribution in [3.63, 3.8) is 0 Å². The van der Waals surface area contributed by atoms with Crippen LogP contribution in [0.4, 0.5) is 5.69 Å². The number of nitrogen functional groups attached to an aromatic ring is 1. The monoisotopic (exact) mass is 335 g/mol. The van der Waals surface area contributed by atoms with Gasteiger partial charge in [0.2, 0.25) is 5.82 Å². The fraction of sp³-hybridized carbons (Fsp3) is 0.0714. The first-order valence-electron chi connectivity index (χ1n) is 6.21. The summed E-state index contributed by atoms with van der Waals surface area (Å²) >= 11 is 7.31. The molecule has 0 amide bonds. The highest BCUT2D eigenvalue weighted by molar-refractivity contribution is 7.08. The number of carbonyl (C=O) groups excluding carboxylic acids is 1. The molecule has 3 rings (SSSR count). The molecule has 0 saturated heterocycles. The number of ether oxygens (including phenoxy) is 1. The van der Waals surface area contributed by atoms with Gasteiger partial charge in [-0.2, -0.15) is 16.3 Å². The lowest BCUT2D eigenvalue weighted by Crippen LogP contribution is -2.08. The van der Waals surface area contributed by atoms with Crippen molar-refractivity contribution in [1.29, 1.82) is 0 Å². The van der Waals surface area contributed by atoms with Crippen LogP contribution in [0.5, 0.6) is 0 Å². The Balaban J connectivity index is 1.66. The minimum atomic E-state index is -0.579. The van der Waals surface area contributed by atoms with Crippen molar-refractivity contribution in [3.05, 3.63) is 51.5 Å². The summed E-state index contributed by atoms with van der Waals surface area (Å²) in [5.74, 6) is 0.0878. The van der Waals surface area contributed by atoms with E-state index in [0.29, 0.717) is 10.8 Å². The molecule has 1 aromatic carbocycles. The number of hydrogen-bond donors (Lipinski definition) is 1. The molecule has 0 fully saturated rings. The van der Waals surface area contributed by atoms with E-state index < -0.39 is 5.97 Å². The lowest BCUT2D eigenvalue weighted by atomic mass is 10.2. The second-order valence-electron chi connectivity index (χ2n) is 4.33. The van der Waals surface area contributed by atoms with E-state index in [0.717, 1.165) is 5.56 Å². The largest absolute Gasteiger partial charge is 0.452 e. The van der Waals surface area contributed by atoms with Crippen LogP contribution in [0, 0.1) is 0 Å². The number of esters is 1. The summed E-state index contributed by atoms with van der Waals surface area (Å²) < 4.78 is 10.1. The standard InChI is InChI=1S/C14H10ClN3O3S/c15-9-1-2-10(11(16)5-9)14(19)20-6-12-17-13(18-21-12)8-3-4-22-7-8/h1-5,7H,6,16H2. The van der Waals surface area contributed by atoms with Crippen molar-refractivity contribution < 1.29 is 14.1 Å². The second-order valence-corrected chi connectivity index (χ2v) is 5.55. The first-order valence-corrected chi connectivity index (χ1v) is 7.53. The Hall–Kier alpha value is -2.38. The van der Waals surface area contributed by atoms with Crippen LogP contribution in [0.3, 0.4) is 0 Å². The average Bonchev–Trinajstić information content (AvgIpc) is 3.16. The minimum Gasteiger partial charge on any atom is -0.452 e. The maximum Gasteiger partial charge on any atom is 0.340 e. The number of thiophene rings is 1. The van der Waals surface area contributed by atoms with E-state index >= 15 is 0 Å². The zero-order chi connectivity index (χ0) is 15.5. The molecular weight excluding hydrogens is 326 g/mol. The van der Waals surface area contributed by atoms with Crippen LogP contribution in [-0.4, -0.2) is 16.1 Å². The molecule has 0 spiro atoms. The van der Waals surface area contributed by atoms with Crippen LogP contribution in [0.2, 0.25) is 5.02 Å². The Kier molecular flexibility index (Phi) is 4.08. The molecule has 0 saturated carbocycles. The normalized spacial score (nSPS) is 10.6. The third-order valence-corrected chi connectivity index (χ3v) is 3.73. The second kappa shape index (κ2) is 6.17. The molecule has 0 bridgehead atoms. The summed E-state index contributed by atoms with van der Waals surface area (Å²) in [5, 5.41) is 8.09. The van der Waals surface area contributed by atoms with Crippen molar-refractivity contribution in [2.75, 3.05) is 5.73 Å². The molecule has 0 radical (unpaired) electrons. The van der Waals surface area contributed by atoms with E-state index in [1.807, 2.05) is 16.8 Å². The molecule has 2 heterocycles. The first kappa shape index (κ1) is 14.6. The molecule has 0 aliphatic rings. The first-order chi connectivity index (χ1) is 10.6. The number of benzene rings is 1. The topological polar surface area (TPSA) is 91.2 Å². The van der Waals surface area contributed by atoms with Crippen molar-refractivity contribution in [2.24, 2.45) is 0 Å². The Morgan fingerprint density at radius 1 is 1.41 bits per heavy atom. The van der Waals surface area contributed by atoms with Crippen LogP contribution < -0.4 is 5.73 Å². The Labute approximate surface area is 134 Å². The third kappa shape index (κ3) is 3.10. The van der Waals surface area contributed by atoms with Gasteiger partial charge in [0, 0.05) is 21.7 Å². The maximum absolute atomic E-state index is 12.0. The fourth-order valence-corrected chi connectivity index (χ4v) is 2.56. The third-order valence-electron chi connectivity index (χ3n) is 2.81. The Morgan fingerprint density at radius 2 is 2.27 bits per heavy atom. The van der Waals surface area contributed by atoms with Crippen LogP contribution in [0.1, 0.15) is 16.2 Å². The van der Waals surface area contributed by atoms with Gasteiger partial charge in [-0.05, 0) is 29.6 Å². The number of hydrogen-bond acceptors (Lipinski definition) is 7. The molecule has 22 heavy (non-hydrogen) atoms. The van der Waals surface area contributed by atoms with Gasteiger partial charge in [0.15, 0.2) is 6.61 Å². The van der Waals surface area contributed by atoms with Crippen LogP contribution >= 0.6 is 22.9 Å². The van der Waals surface area contributed by atoms with E-state index in [4.69, 9.17) is 26.6 Å². The van der Waals surface area contributed by atoms with Crippen molar-refractivity contribution in [1.82, 2.24) is 10.1 Å². The summed E-state index contributed by atoms with van der Waals surface area (Å²) in [6.45, 7) is -0.127. The predicted octanol–water partition coefficient (Wildman–Crippen LogP) is 3.39. The maximum atomic E-state index is 12.0. The van der Waals surface area contributed by atoms with Gasteiger partial charge in [-0.3, -0.25) is 0 Å². The van der Waals surface area contributed by atoms with Crippen LogP contribution in [0.15, 0.2) is 39.5 Å². The molecule has 2 aromatic heterocycles. The molecule has 0 aliphatic heterocycles. The number of halogens is 1. The summed E-state index contributed by atoms with van der Waals surface area (Å²) in [4.78, 5) is 16.1. The zero-order valence-corrected chi connectivity index (χ0v) is 12.7. The fourth-order valence-electron chi connectivity index (χ4n) is 1.75. The lowest BCUT2D eigenvalue weighted by Gasteiger charge is -2.05. The molecule has 0 unspecified atom stereocenters. The van der Waals surface area contributed by atoms with Gasteiger partial charge in [-0.1, -0.05) is 16.8 Å². The SMILES string of the molecule is Nc1cc(Cl)ccc1C(=O)OCc1nc(-c2ccsc2)no1. The van der Waals surface area contributed by atoms with E-state index in [9.17, 15) is 4.79 Å². The molecule has 0 aliphatic carbocycles. The molecule has 0 atom stereocenters. The number of aromatic nitrogens is 2. The molecule has 3 aromatic rings. The van der Waals surface area contributed by atoms with Gasteiger partial charge in [0.05, 0.1) is 5.56 Å². The predicted molar refractivity (Wildman–Crippen MR) is 82.6 cm³/mol. The van der Waals surface area contributed by atoms with Crippen LogP contribution in [0.25, 0.3) is 11.4 Å². The van der Waals surface area contributed by atoms with E-state index in [1.54, 1.807) is 6.07 Å². The van der Waals surface area contributed by atoms with E-state index in [2.05, 4.69) is 10.1 Å². The highest BCUT2D eigenvalue weighted by Crippen LogP contribution is 2.21. The number of nitrogens with two attached hydrogens (primary N) is 1. The van der Waals surface area contributed by atoms with Gasteiger partial charge < -0.3 is 15.0 Å². The van der Waals surface area contributed by atoms with Gasteiger partial charge in [-0.25, -0.2) is 4.79 Å². The zero-order valence-electron chi connectivity index (χ0n) is 11.2. The average molecular weight is 336 g/mol. The summed E-state index contributed by atoms with van der Waals surface area (Å²) in [7, 11) is 0. The highest BCUT2D eigenvalue weighted by atomic mass is 35.5. The summed E-state index contributed by atoms with van der Waals surface area (Å²) in [6, 6.07) is 6.43. The summed E-state index contributed by atoms with van der Waals surface area (Å²) in [6.07, 6.45) is 0. The number of rotatable bonds is 4. The molecule has 2 N–H and O–H groups in total. The quantitative estimate of drug-likeness (QED) is 0.580. The summed E-state index contributed by atoms with van der Waals surface area (Å²) in [5.41, 5.74) is 7.07. The highest BCUT2D eigenvalue weighted by Gasteiger charge is 2.14. The molecular formula is C14H10ClN3O3S. The van der Waals surface area contributed by atoms with Gasteiger partial charge in [0.1, 0.15) is 0 Å². The van der Waals surface area contributed by atoms with Crippen LogP contribution in [-0.2, 0) is 11.3 Å². The lowest BCUT2D eigenvalue weighted by molar-refractivity contribution is 0.0431. The van der Waals surface area contributed by atoms with Crippen molar-refractivity contribution in [2.45, 2.75) is 6.61 Å². The van der Waals surface area contributed by atoms with E-state index in [-0.39, 0.29) is 23.7 Å². The van der Waals surface area contributed by atoms with E-state index in [1.165, 1.54) is 23.5 Å². The number of carbonyl (C=O) groups is 1. The van der Waals surface area contributed by atoms with Crippen molar-refractivity contribution >= 4 is 34.6 Å². The molecule has 112 valence electrons. The molecule has 6 nitrogen and oxygen atoms in total. The Bertz CT molecular complexity index is 802. The number of nitrogens with zero attached hydrogens (tertiary/aromatic N) is 2. The minimum absolute atomic E-state index is 0.127. The van der Waals surface area contributed by atoms with Gasteiger partial charge >= 0.3 is 5.97 Å².